The van der Waals surface area contributed by atoms with Crippen LogP contribution in [0.2, 0.25) is 0 Å². The molecule has 0 radical (unpaired) electrons. The number of aliphatic hydroxyl groups is 6. The fourth-order valence-corrected chi connectivity index (χ4v) is 3.18. The van der Waals surface area contributed by atoms with E-state index >= 15 is 0 Å². The van der Waals surface area contributed by atoms with Crippen LogP contribution in [-0.4, -0.2) is 119 Å². The molecule has 3 unspecified atom stereocenters. The van der Waals surface area contributed by atoms with Crippen LogP contribution in [0.15, 0.2) is 18.6 Å². The summed E-state index contributed by atoms with van der Waals surface area (Å²) < 4.78 is 4.31. The van der Waals surface area contributed by atoms with E-state index in [2.05, 4.69) is 30.9 Å². The minimum atomic E-state index is -0.945. The quantitative estimate of drug-likeness (QED) is 0.121. The molecule has 0 aliphatic carbocycles. The fourth-order valence-electron chi connectivity index (χ4n) is 3.18. The predicted molar refractivity (Wildman–Crippen MR) is 112 cm³/mol. The Bertz CT molecular complexity index is 869. The van der Waals surface area contributed by atoms with Crippen molar-refractivity contribution in [3.63, 3.8) is 0 Å². The van der Waals surface area contributed by atoms with Gasteiger partial charge in [-0.15, -0.1) is 15.3 Å². The summed E-state index contributed by atoms with van der Waals surface area (Å²) in [5.74, 6) is 0. The van der Waals surface area contributed by atoms with Gasteiger partial charge in [-0.2, -0.15) is 0 Å². The zero-order valence-corrected chi connectivity index (χ0v) is 18.5. The van der Waals surface area contributed by atoms with E-state index in [-0.39, 0.29) is 39.5 Å². The first-order chi connectivity index (χ1) is 16.4. The Hall–Kier alpha value is -2.86. The largest absolute Gasteiger partial charge is 0.394 e. The monoisotopic (exact) mass is 482 g/mol. The zero-order valence-electron chi connectivity index (χ0n) is 18.5. The molecule has 3 heterocycles. The van der Waals surface area contributed by atoms with Crippen LogP contribution < -0.4 is 0 Å². The van der Waals surface area contributed by atoms with E-state index in [0.29, 0.717) is 36.7 Å². The van der Waals surface area contributed by atoms with Crippen LogP contribution in [0.3, 0.4) is 0 Å². The standard InChI is InChI=1S/C18H30N10O6/c29-10-16(32)7-26-4-13(19-22-26)1-25(2-14-5-27(23-20-14)8-17(33)11-30)3-15-6-28(24-21-15)9-18(34)12-31/h4-6,16-18,29-34H,1-3,7-12H2. The lowest BCUT2D eigenvalue weighted by Gasteiger charge is -2.18. The first-order valence-corrected chi connectivity index (χ1v) is 10.6. The molecule has 3 rings (SSSR count). The van der Waals surface area contributed by atoms with Crippen molar-refractivity contribution in [3.8, 4) is 0 Å². The Morgan fingerprint density at radius 2 is 0.882 bits per heavy atom. The molecule has 188 valence electrons. The van der Waals surface area contributed by atoms with Crippen LogP contribution in [0.5, 0.6) is 0 Å². The molecule has 0 saturated heterocycles. The highest BCUT2D eigenvalue weighted by molar-refractivity contribution is 5.00. The Labute approximate surface area is 194 Å². The molecule has 3 aromatic rings. The van der Waals surface area contributed by atoms with Crippen molar-refractivity contribution < 1.29 is 30.6 Å². The maximum Gasteiger partial charge on any atom is 0.0967 e. The summed E-state index contributed by atoms with van der Waals surface area (Å²) in [6.45, 7) is 0.174. The third-order valence-corrected chi connectivity index (χ3v) is 4.74. The topological polar surface area (TPSA) is 217 Å². The number of aliphatic hydroxyl groups excluding tert-OH is 6. The van der Waals surface area contributed by atoms with Crippen molar-refractivity contribution in [1.82, 2.24) is 49.9 Å². The van der Waals surface area contributed by atoms with Gasteiger partial charge in [-0.25, -0.2) is 14.0 Å². The van der Waals surface area contributed by atoms with Gasteiger partial charge in [0.1, 0.15) is 0 Å². The van der Waals surface area contributed by atoms with E-state index in [9.17, 15) is 15.3 Å². The molecule has 0 aliphatic rings. The van der Waals surface area contributed by atoms with Crippen molar-refractivity contribution in [2.75, 3.05) is 19.8 Å². The van der Waals surface area contributed by atoms with Gasteiger partial charge in [0.15, 0.2) is 0 Å². The Morgan fingerprint density at radius 1 is 0.588 bits per heavy atom. The molecule has 0 fully saturated rings. The molecule has 34 heavy (non-hydrogen) atoms. The minimum absolute atomic E-state index is 0.104. The van der Waals surface area contributed by atoms with Crippen molar-refractivity contribution in [2.45, 2.75) is 57.6 Å². The highest BCUT2D eigenvalue weighted by atomic mass is 16.3. The van der Waals surface area contributed by atoms with Crippen molar-refractivity contribution >= 4 is 0 Å². The van der Waals surface area contributed by atoms with E-state index in [4.69, 9.17) is 15.3 Å². The molecule has 3 aromatic heterocycles. The lowest BCUT2D eigenvalue weighted by Crippen LogP contribution is -2.23. The first kappa shape index (κ1) is 25.8. The predicted octanol–water partition coefficient (Wildman–Crippen LogP) is -4.28. The molecular weight excluding hydrogens is 452 g/mol. The van der Waals surface area contributed by atoms with Gasteiger partial charge in [-0.05, 0) is 0 Å². The molecule has 0 bridgehead atoms. The van der Waals surface area contributed by atoms with Crippen LogP contribution in [0.25, 0.3) is 0 Å². The molecule has 0 aromatic carbocycles. The van der Waals surface area contributed by atoms with E-state index in [1.807, 2.05) is 4.90 Å². The molecule has 6 N–H and O–H groups in total. The summed E-state index contributed by atoms with van der Waals surface area (Å²) in [5, 5.41) is 80.1. The van der Waals surface area contributed by atoms with Gasteiger partial charge in [0, 0.05) is 38.2 Å². The summed E-state index contributed by atoms with van der Waals surface area (Å²) in [7, 11) is 0. The van der Waals surface area contributed by atoms with E-state index in [1.165, 1.54) is 14.0 Å². The fraction of sp³-hybridized carbons (Fsp3) is 0.667. The number of hydrogen-bond acceptors (Lipinski definition) is 13. The average Bonchev–Trinajstić information content (AvgIpc) is 3.56. The summed E-state index contributed by atoms with van der Waals surface area (Å²) in [6.07, 6.45) is 2.15. The summed E-state index contributed by atoms with van der Waals surface area (Å²) >= 11 is 0. The lowest BCUT2D eigenvalue weighted by atomic mass is 10.3. The van der Waals surface area contributed by atoms with E-state index in [1.54, 1.807) is 18.6 Å². The van der Waals surface area contributed by atoms with Gasteiger partial charge in [-0.3, -0.25) is 4.90 Å². The maximum absolute atomic E-state index is 9.61. The van der Waals surface area contributed by atoms with Crippen LogP contribution in [0.1, 0.15) is 17.1 Å². The second-order valence-corrected chi connectivity index (χ2v) is 7.95. The first-order valence-electron chi connectivity index (χ1n) is 10.6. The summed E-state index contributed by atoms with van der Waals surface area (Å²) in [5.41, 5.74) is 1.82. The smallest absolute Gasteiger partial charge is 0.0967 e. The molecular formula is C18H30N10O6. The number of aromatic nitrogens is 9. The number of rotatable bonds is 15. The summed E-state index contributed by atoms with van der Waals surface area (Å²) in [6, 6.07) is 0. The SMILES string of the molecule is OCC(O)Cn1cc(CN(Cc2cn(CC(O)CO)nn2)Cc2cn(CC(O)CO)nn2)nn1. The zero-order chi connectivity index (χ0) is 24.5. The third kappa shape index (κ3) is 7.87. The Kier molecular flexibility index (Phi) is 9.52. The van der Waals surface area contributed by atoms with Gasteiger partial charge >= 0.3 is 0 Å². The second kappa shape index (κ2) is 12.6. The van der Waals surface area contributed by atoms with Crippen LogP contribution >= 0.6 is 0 Å². The minimum Gasteiger partial charge on any atom is -0.394 e. The van der Waals surface area contributed by atoms with Gasteiger partial charge in [-0.1, -0.05) is 15.6 Å². The molecule has 16 heteroatoms. The van der Waals surface area contributed by atoms with Gasteiger partial charge < -0.3 is 30.6 Å². The molecule has 16 nitrogen and oxygen atoms in total. The lowest BCUT2D eigenvalue weighted by molar-refractivity contribution is 0.0777. The van der Waals surface area contributed by atoms with Gasteiger partial charge in [0.2, 0.25) is 0 Å². The number of nitrogens with zero attached hydrogens (tertiary/aromatic N) is 10. The Morgan fingerprint density at radius 3 is 1.15 bits per heavy atom. The van der Waals surface area contributed by atoms with Gasteiger partial charge in [0.25, 0.3) is 0 Å². The molecule has 0 saturated carbocycles. The van der Waals surface area contributed by atoms with Crippen molar-refractivity contribution in [2.24, 2.45) is 0 Å². The molecule has 3 atom stereocenters. The average molecular weight is 483 g/mol. The van der Waals surface area contributed by atoms with Gasteiger partial charge in [0.05, 0.1) is 74.8 Å². The van der Waals surface area contributed by atoms with Crippen molar-refractivity contribution in [1.29, 1.82) is 0 Å². The normalized spacial score (nSPS) is 14.6. The van der Waals surface area contributed by atoms with Crippen molar-refractivity contribution in [3.05, 3.63) is 35.7 Å². The van der Waals surface area contributed by atoms with Crippen LogP contribution in [0, 0.1) is 0 Å². The van der Waals surface area contributed by atoms with E-state index < -0.39 is 18.3 Å². The van der Waals surface area contributed by atoms with E-state index in [0.717, 1.165) is 0 Å². The molecule has 0 aliphatic heterocycles. The molecule has 0 amide bonds. The van der Waals surface area contributed by atoms with Crippen LogP contribution in [-0.2, 0) is 39.3 Å². The summed E-state index contributed by atoms with van der Waals surface area (Å²) in [4.78, 5) is 1.95. The maximum atomic E-state index is 9.61. The Balaban J connectivity index is 1.71. The number of hydrogen-bond donors (Lipinski definition) is 6. The highest BCUT2D eigenvalue weighted by Crippen LogP contribution is 2.11. The highest BCUT2D eigenvalue weighted by Gasteiger charge is 2.17. The molecule has 0 spiro atoms. The second-order valence-electron chi connectivity index (χ2n) is 7.95. The van der Waals surface area contributed by atoms with Crippen LogP contribution in [0.4, 0.5) is 0 Å². The third-order valence-electron chi connectivity index (χ3n) is 4.74.